The van der Waals surface area contributed by atoms with Gasteiger partial charge in [0.25, 0.3) is 0 Å². The first-order valence-electron chi connectivity index (χ1n) is 5.78. The molecule has 0 saturated heterocycles. The first-order valence-corrected chi connectivity index (χ1v) is 7.47. The molecule has 0 aliphatic carbocycles. The van der Waals surface area contributed by atoms with Gasteiger partial charge in [-0.25, -0.2) is 0 Å². The van der Waals surface area contributed by atoms with Crippen molar-refractivity contribution in [3.8, 4) is 0 Å². The number of nitrogens with zero attached hydrogens (tertiary/aromatic N) is 2. The van der Waals surface area contributed by atoms with Gasteiger partial charge in [0, 0.05) is 33.4 Å². The van der Waals surface area contributed by atoms with Crippen molar-refractivity contribution >= 4 is 32.1 Å². The smallest absolute Gasteiger partial charge is 0.0937 e. The summed E-state index contributed by atoms with van der Waals surface area (Å²) in [5.41, 5.74) is 2.06. The average molecular weight is 278 g/mol. The van der Waals surface area contributed by atoms with Crippen LogP contribution < -0.4 is 0 Å². The maximum Gasteiger partial charge on any atom is 0.0937 e. The minimum Gasteiger partial charge on any atom is -0.387 e. The Morgan fingerprint density at radius 3 is 2.89 bits per heavy atom. The first-order chi connectivity index (χ1) is 8.63. The molecule has 3 aromatic heterocycles. The SMILES string of the molecule is Cc1cc(CC(O)c2cc3sccc3s2)n(C)n1. The fourth-order valence-corrected chi connectivity index (χ4v) is 4.21. The van der Waals surface area contributed by atoms with Gasteiger partial charge in [-0.3, -0.25) is 4.68 Å². The molecule has 0 saturated carbocycles. The van der Waals surface area contributed by atoms with Crippen LogP contribution in [0.15, 0.2) is 23.6 Å². The van der Waals surface area contributed by atoms with E-state index in [9.17, 15) is 5.11 Å². The van der Waals surface area contributed by atoms with Crippen molar-refractivity contribution in [3.05, 3.63) is 39.8 Å². The standard InChI is InChI=1S/C13H14N2OS2/c1-8-5-9(15(2)14-8)6-10(16)12-7-13-11(18-12)3-4-17-13/h3-5,7,10,16H,6H2,1-2H3. The van der Waals surface area contributed by atoms with Crippen molar-refractivity contribution in [3.63, 3.8) is 0 Å². The van der Waals surface area contributed by atoms with Crippen molar-refractivity contribution in [1.82, 2.24) is 9.78 Å². The second-order valence-corrected chi connectivity index (χ2v) is 6.48. The van der Waals surface area contributed by atoms with Crippen LogP contribution in [0.1, 0.15) is 22.4 Å². The van der Waals surface area contributed by atoms with Gasteiger partial charge in [0.15, 0.2) is 0 Å². The zero-order valence-corrected chi connectivity index (χ0v) is 11.9. The first kappa shape index (κ1) is 11.9. The van der Waals surface area contributed by atoms with Gasteiger partial charge in [-0.05, 0) is 30.5 Å². The van der Waals surface area contributed by atoms with Crippen LogP contribution in [0.2, 0.25) is 0 Å². The normalized spacial score (nSPS) is 13.3. The van der Waals surface area contributed by atoms with Crippen LogP contribution in [0.3, 0.4) is 0 Å². The Morgan fingerprint density at radius 1 is 1.39 bits per heavy atom. The summed E-state index contributed by atoms with van der Waals surface area (Å²) in [7, 11) is 1.92. The van der Waals surface area contributed by atoms with Crippen LogP contribution in [0, 0.1) is 6.92 Å². The van der Waals surface area contributed by atoms with Crippen LogP contribution in [0.25, 0.3) is 9.40 Å². The molecule has 3 rings (SSSR count). The van der Waals surface area contributed by atoms with Crippen LogP contribution >= 0.6 is 22.7 Å². The van der Waals surface area contributed by atoms with E-state index in [1.165, 1.54) is 9.40 Å². The highest BCUT2D eigenvalue weighted by Gasteiger charge is 2.15. The average Bonchev–Trinajstić information content (AvgIpc) is 2.93. The topological polar surface area (TPSA) is 38.0 Å². The van der Waals surface area contributed by atoms with Gasteiger partial charge in [-0.2, -0.15) is 5.10 Å². The highest BCUT2D eigenvalue weighted by atomic mass is 32.1. The van der Waals surface area contributed by atoms with Gasteiger partial charge in [-0.15, -0.1) is 22.7 Å². The molecule has 94 valence electrons. The van der Waals surface area contributed by atoms with Gasteiger partial charge in [0.2, 0.25) is 0 Å². The fraction of sp³-hybridized carbons (Fsp3) is 0.308. The maximum absolute atomic E-state index is 10.3. The molecular weight excluding hydrogens is 264 g/mol. The summed E-state index contributed by atoms with van der Waals surface area (Å²) in [5, 5.41) is 16.7. The Balaban J connectivity index is 1.84. The highest BCUT2D eigenvalue weighted by Crippen LogP contribution is 2.34. The lowest BCUT2D eigenvalue weighted by Gasteiger charge is -2.08. The van der Waals surface area contributed by atoms with E-state index in [1.54, 1.807) is 22.7 Å². The molecule has 0 aromatic carbocycles. The Morgan fingerprint density at radius 2 is 2.22 bits per heavy atom. The molecule has 3 aromatic rings. The summed E-state index contributed by atoms with van der Waals surface area (Å²) >= 11 is 3.40. The number of aliphatic hydroxyl groups is 1. The largest absolute Gasteiger partial charge is 0.387 e. The van der Waals surface area contributed by atoms with E-state index < -0.39 is 6.10 Å². The highest BCUT2D eigenvalue weighted by molar-refractivity contribution is 7.26. The Hall–Kier alpha value is -1.17. The van der Waals surface area contributed by atoms with E-state index in [-0.39, 0.29) is 0 Å². The third-order valence-electron chi connectivity index (χ3n) is 2.99. The molecule has 5 heteroatoms. The van der Waals surface area contributed by atoms with Gasteiger partial charge in [0.1, 0.15) is 0 Å². The predicted octanol–water partition coefficient (Wildman–Crippen LogP) is 3.28. The zero-order chi connectivity index (χ0) is 12.7. The molecule has 18 heavy (non-hydrogen) atoms. The Kier molecular flexibility index (Phi) is 2.97. The second-order valence-electron chi connectivity index (χ2n) is 4.42. The van der Waals surface area contributed by atoms with E-state index in [1.807, 2.05) is 24.7 Å². The molecule has 0 bridgehead atoms. The number of aryl methyl sites for hydroxylation is 2. The molecule has 0 radical (unpaired) electrons. The molecule has 1 N–H and O–H groups in total. The van der Waals surface area contributed by atoms with Crippen molar-refractivity contribution in [1.29, 1.82) is 0 Å². The van der Waals surface area contributed by atoms with Crippen LogP contribution in [-0.2, 0) is 13.5 Å². The molecule has 3 heterocycles. The van der Waals surface area contributed by atoms with Crippen LogP contribution in [-0.4, -0.2) is 14.9 Å². The monoisotopic (exact) mass is 278 g/mol. The van der Waals surface area contributed by atoms with Crippen molar-refractivity contribution in [2.75, 3.05) is 0 Å². The lowest BCUT2D eigenvalue weighted by Crippen LogP contribution is -2.05. The van der Waals surface area contributed by atoms with Gasteiger partial charge < -0.3 is 5.11 Å². The Bertz CT molecular complexity index is 652. The summed E-state index contributed by atoms with van der Waals surface area (Å²) in [6, 6.07) is 6.23. The third-order valence-corrected chi connectivity index (χ3v) is 5.18. The predicted molar refractivity (Wildman–Crippen MR) is 76.3 cm³/mol. The molecule has 0 fully saturated rings. The summed E-state index contributed by atoms with van der Waals surface area (Å²) < 4.78 is 4.36. The molecule has 1 atom stereocenters. The number of rotatable bonds is 3. The quantitative estimate of drug-likeness (QED) is 0.798. The number of hydrogen-bond donors (Lipinski definition) is 1. The summed E-state index contributed by atoms with van der Waals surface area (Å²) in [6.45, 7) is 1.97. The van der Waals surface area contributed by atoms with Gasteiger partial charge in [0.05, 0.1) is 11.8 Å². The lowest BCUT2D eigenvalue weighted by atomic mass is 10.1. The number of aromatic nitrogens is 2. The van der Waals surface area contributed by atoms with E-state index in [2.05, 4.69) is 22.6 Å². The van der Waals surface area contributed by atoms with Crippen molar-refractivity contribution in [2.45, 2.75) is 19.4 Å². The van der Waals surface area contributed by atoms with E-state index >= 15 is 0 Å². The number of thiophene rings is 2. The Labute approximate surface area is 113 Å². The zero-order valence-electron chi connectivity index (χ0n) is 10.3. The molecule has 0 aliphatic heterocycles. The second kappa shape index (κ2) is 4.50. The maximum atomic E-state index is 10.3. The van der Waals surface area contributed by atoms with Gasteiger partial charge in [-0.1, -0.05) is 0 Å². The molecule has 0 aliphatic rings. The summed E-state index contributed by atoms with van der Waals surface area (Å²) in [5.74, 6) is 0. The fourth-order valence-electron chi connectivity index (χ4n) is 2.10. The van der Waals surface area contributed by atoms with Crippen LogP contribution in [0.5, 0.6) is 0 Å². The molecule has 1 unspecified atom stereocenters. The number of fused-ring (bicyclic) bond motifs is 1. The number of aliphatic hydroxyl groups excluding tert-OH is 1. The van der Waals surface area contributed by atoms with E-state index in [4.69, 9.17) is 0 Å². The van der Waals surface area contributed by atoms with Crippen molar-refractivity contribution in [2.24, 2.45) is 7.05 Å². The third kappa shape index (κ3) is 2.09. The van der Waals surface area contributed by atoms with Crippen molar-refractivity contribution < 1.29 is 5.11 Å². The van der Waals surface area contributed by atoms with Crippen LogP contribution in [0.4, 0.5) is 0 Å². The summed E-state index contributed by atoms with van der Waals surface area (Å²) in [6.07, 6.45) is 0.176. The molecular formula is C13H14N2OS2. The molecule has 0 spiro atoms. The van der Waals surface area contributed by atoms with E-state index in [0.29, 0.717) is 6.42 Å². The van der Waals surface area contributed by atoms with E-state index in [0.717, 1.165) is 16.3 Å². The molecule has 0 amide bonds. The molecule has 3 nitrogen and oxygen atoms in total. The minimum atomic E-state index is -0.440. The lowest BCUT2D eigenvalue weighted by molar-refractivity contribution is 0.179. The minimum absolute atomic E-state index is 0.440. The summed E-state index contributed by atoms with van der Waals surface area (Å²) in [4.78, 5) is 1.04. The number of hydrogen-bond acceptors (Lipinski definition) is 4. The van der Waals surface area contributed by atoms with Gasteiger partial charge >= 0.3 is 0 Å².